The van der Waals surface area contributed by atoms with Crippen molar-refractivity contribution in [2.45, 2.75) is 6.92 Å². The van der Waals surface area contributed by atoms with Gasteiger partial charge in [-0.25, -0.2) is 0 Å². The van der Waals surface area contributed by atoms with Crippen LogP contribution in [0.25, 0.3) is 6.08 Å². The molecule has 0 bridgehead atoms. The van der Waals surface area contributed by atoms with Gasteiger partial charge in [-0.3, -0.25) is 14.5 Å². The van der Waals surface area contributed by atoms with Gasteiger partial charge in [-0.2, -0.15) is 0 Å². The van der Waals surface area contributed by atoms with Crippen LogP contribution in [-0.2, 0) is 9.59 Å². The van der Waals surface area contributed by atoms with Gasteiger partial charge in [0.25, 0.3) is 5.91 Å². The highest BCUT2D eigenvalue weighted by Gasteiger charge is 2.33. The van der Waals surface area contributed by atoms with Crippen LogP contribution in [-0.4, -0.2) is 27.6 Å². The van der Waals surface area contributed by atoms with E-state index in [0.717, 1.165) is 16.8 Å². The van der Waals surface area contributed by atoms with E-state index in [0.29, 0.717) is 14.2 Å². The highest BCUT2D eigenvalue weighted by Crippen LogP contribution is 2.32. The molecule has 1 aliphatic heterocycles. The Bertz CT molecular complexity index is 910. The van der Waals surface area contributed by atoms with E-state index in [2.05, 4.69) is 5.32 Å². The Kier molecular flexibility index (Phi) is 5.76. The number of hydrogen-bond acceptors (Lipinski definition) is 4. The fourth-order valence-electron chi connectivity index (χ4n) is 2.39. The van der Waals surface area contributed by atoms with Crippen LogP contribution in [0.4, 0.5) is 5.69 Å². The number of nitrogens with zero attached hydrogens (tertiary/aromatic N) is 1. The van der Waals surface area contributed by atoms with E-state index < -0.39 is 0 Å². The number of thiocarbonyl (C=S) groups is 1. The molecular formula is C19H15ClN2O2S2. The topological polar surface area (TPSA) is 49.4 Å². The summed E-state index contributed by atoms with van der Waals surface area (Å²) < 4.78 is 0.371. The van der Waals surface area contributed by atoms with E-state index in [-0.39, 0.29) is 18.4 Å². The lowest BCUT2D eigenvalue weighted by Crippen LogP contribution is -2.36. The number of thioether (sulfide) groups is 1. The molecule has 1 heterocycles. The number of halogens is 1. The fourth-order valence-corrected chi connectivity index (χ4v) is 3.77. The number of para-hydroxylation sites is 1. The molecule has 26 heavy (non-hydrogen) atoms. The van der Waals surface area contributed by atoms with Crippen molar-refractivity contribution in [1.29, 1.82) is 0 Å². The summed E-state index contributed by atoms with van der Waals surface area (Å²) in [5.41, 5.74) is 2.52. The van der Waals surface area contributed by atoms with Crippen LogP contribution in [0, 0.1) is 6.92 Å². The number of anilines is 1. The highest BCUT2D eigenvalue weighted by molar-refractivity contribution is 8.26. The third-order valence-corrected chi connectivity index (χ3v) is 5.39. The van der Waals surface area contributed by atoms with Gasteiger partial charge in [0.05, 0.1) is 4.91 Å². The molecule has 3 rings (SSSR count). The number of carbonyl (C=O) groups excluding carboxylic acids is 2. The van der Waals surface area contributed by atoms with Crippen LogP contribution in [0.1, 0.15) is 11.1 Å². The Hall–Kier alpha value is -2.15. The van der Waals surface area contributed by atoms with Crippen molar-refractivity contribution in [1.82, 2.24) is 4.90 Å². The van der Waals surface area contributed by atoms with Gasteiger partial charge in [-0.05, 0) is 42.3 Å². The average molecular weight is 403 g/mol. The molecule has 0 aliphatic carbocycles. The number of carbonyl (C=O) groups is 2. The average Bonchev–Trinajstić information content (AvgIpc) is 2.86. The predicted octanol–water partition coefficient (Wildman–Crippen LogP) is 4.49. The summed E-state index contributed by atoms with van der Waals surface area (Å²) >= 11 is 12.3. The number of aryl methyl sites for hydroxylation is 1. The first-order valence-corrected chi connectivity index (χ1v) is 9.41. The smallest absolute Gasteiger partial charge is 0.266 e. The highest BCUT2D eigenvalue weighted by atomic mass is 35.5. The minimum atomic E-state index is -0.289. The molecule has 0 aromatic heterocycles. The van der Waals surface area contributed by atoms with Crippen LogP contribution < -0.4 is 5.32 Å². The van der Waals surface area contributed by atoms with Crippen molar-refractivity contribution in [3.63, 3.8) is 0 Å². The molecule has 4 nitrogen and oxygen atoms in total. The minimum absolute atomic E-state index is 0.114. The number of hydrogen-bond donors (Lipinski definition) is 1. The lowest BCUT2D eigenvalue weighted by Gasteiger charge is -2.15. The van der Waals surface area contributed by atoms with E-state index in [1.54, 1.807) is 18.2 Å². The molecule has 2 aromatic carbocycles. The van der Waals surface area contributed by atoms with Crippen molar-refractivity contribution < 1.29 is 9.59 Å². The molecule has 0 radical (unpaired) electrons. The van der Waals surface area contributed by atoms with Crippen molar-refractivity contribution in [3.8, 4) is 0 Å². The lowest BCUT2D eigenvalue weighted by atomic mass is 10.2. The Labute approximate surface area is 166 Å². The van der Waals surface area contributed by atoms with Gasteiger partial charge < -0.3 is 5.32 Å². The quantitative estimate of drug-likeness (QED) is 0.604. The Balaban J connectivity index is 1.70. The normalized spacial score (nSPS) is 15.6. The number of nitrogens with one attached hydrogen (secondary N) is 1. The van der Waals surface area contributed by atoms with Crippen LogP contribution in [0.15, 0.2) is 53.4 Å². The molecule has 1 fully saturated rings. The molecule has 0 saturated carbocycles. The van der Waals surface area contributed by atoms with Crippen LogP contribution in [0.2, 0.25) is 5.02 Å². The third kappa shape index (κ3) is 4.33. The number of benzene rings is 2. The summed E-state index contributed by atoms with van der Waals surface area (Å²) in [5, 5.41) is 3.44. The largest absolute Gasteiger partial charge is 0.324 e. The van der Waals surface area contributed by atoms with Gasteiger partial charge in [0.2, 0.25) is 5.91 Å². The maximum absolute atomic E-state index is 12.6. The van der Waals surface area contributed by atoms with Crippen molar-refractivity contribution in [3.05, 3.63) is 69.6 Å². The Morgan fingerprint density at radius 2 is 1.92 bits per heavy atom. The van der Waals surface area contributed by atoms with Crippen LogP contribution >= 0.6 is 35.6 Å². The van der Waals surface area contributed by atoms with E-state index >= 15 is 0 Å². The molecule has 0 atom stereocenters. The van der Waals surface area contributed by atoms with Gasteiger partial charge in [0.15, 0.2) is 0 Å². The second-order valence-electron chi connectivity index (χ2n) is 5.68. The summed E-state index contributed by atoms with van der Waals surface area (Å²) in [4.78, 5) is 26.7. The Morgan fingerprint density at radius 1 is 1.23 bits per heavy atom. The van der Waals surface area contributed by atoms with Crippen molar-refractivity contribution in [2.75, 3.05) is 11.9 Å². The summed E-state index contributed by atoms with van der Waals surface area (Å²) in [6, 6.07) is 14.6. The summed E-state index contributed by atoms with van der Waals surface area (Å²) in [7, 11) is 0. The first kappa shape index (κ1) is 18.6. The third-order valence-electron chi connectivity index (χ3n) is 3.76. The van der Waals surface area contributed by atoms with E-state index in [1.165, 1.54) is 16.7 Å². The van der Waals surface area contributed by atoms with E-state index in [1.807, 2.05) is 43.3 Å². The molecule has 1 aliphatic rings. The second kappa shape index (κ2) is 8.03. The number of rotatable bonds is 4. The van der Waals surface area contributed by atoms with Gasteiger partial charge in [-0.15, -0.1) is 0 Å². The molecule has 2 amide bonds. The van der Waals surface area contributed by atoms with Gasteiger partial charge >= 0.3 is 0 Å². The molecule has 7 heteroatoms. The number of amides is 2. The van der Waals surface area contributed by atoms with Crippen molar-refractivity contribution >= 4 is 63.5 Å². The predicted molar refractivity (Wildman–Crippen MR) is 111 cm³/mol. The first-order chi connectivity index (χ1) is 12.4. The standard InChI is InChI=1S/C19H15ClN2O2S2/c1-12-4-2-3-5-15(12)21-17(23)11-22-18(24)16(26-19(22)25)10-13-6-8-14(20)9-7-13/h2-10H,11H2,1H3,(H,21,23)/b16-10-. The second-order valence-corrected chi connectivity index (χ2v) is 7.79. The lowest BCUT2D eigenvalue weighted by molar-refractivity contribution is -0.126. The van der Waals surface area contributed by atoms with Gasteiger partial charge in [0.1, 0.15) is 10.9 Å². The van der Waals surface area contributed by atoms with Gasteiger partial charge in [0, 0.05) is 10.7 Å². The van der Waals surface area contributed by atoms with Crippen LogP contribution in [0.3, 0.4) is 0 Å². The molecule has 0 spiro atoms. The fraction of sp³-hybridized carbons (Fsp3) is 0.105. The van der Waals surface area contributed by atoms with E-state index in [4.69, 9.17) is 23.8 Å². The zero-order valence-electron chi connectivity index (χ0n) is 13.9. The molecule has 0 unspecified atom stereocenters. The summed E-state index contributed by atoms with van der Waals surface area (Å²) in [5.74, 6) is -0.557. The van der Waals surface area contributed by atoms with Gasteiger partial charge in [-0.1, -0.05) is 65.9 Å². The maximum Gasteiger partial charge on any atom is 0.266 e. The first-order valence-electron chi connectivity index (χ1n) is 7.80. The zero-order chi connectivity index (χ0) is 18.7. The summed E-state index contributed by atoms with van der Waals surface area (Å²) in [6.45, 7) is 1.79. The monoisotopic (exact) mass is 402 g/mol. The summed E-state index contributed by atoms with van der Waals surface area (Å²) in [6.07, 6.45) is 1.74. The molecule has 132 valence electrons. The van der Waals surface area contributed by atoms with Crippen molar-refractivity contribution in [2.24, 2.45) is 0 Å². The molecule has 1 saturated heterocycles. The Morgan fingerprint density at radius 3 is 2.62 bits per heavy atom. The molecule has 2 aromatic rings. The van der Waals surface area contributed by atoms with E-state index in [9.17, 15) is 9.59 Å². The maximum atomic E-state index is 12.6. The van der Waals surface area contributed by atoms with Crippen LogP contribution in [0.5, 0.6) is 0 Å². The SMILES string of the molecule is Cc1ccccc1NC(=O)CN1C(=O)/C(=C/c2ccc(Cl)cc2)SC1=S. The molecule has 1 N–H and O–H groups in total. The molecular weight excluding hydrogens is 388 g/mol. The minimum Gasteiger partial charge on any atom is -0.324 e. The zero-order valence-corrected chi connectivity index (χ0v) is 16.3.